The van der Waals surface area contributed by atoms with E-state index >= 15 is 0 Å². The zero-order valence-electron chi connectivity index (χ0n) is 6.84. The van der Waals surface area contributed by atoms with Crippen LogP contribution in [0.4, 0.5) is 0 Å². The molecule has 0 amide bonds. The molecule has 0 aromatic rings. The van der Waals surface area contributed by atoms with E-state index < -0.39 is 5.97 Å². The monoisotopic (exact) mass is 187 g/mol. The van der Waals surface area contributed by atoms with Crippen LogP contribution in [0.15, 0.2) is 11.1 Å². The third-order valence-corrected chi connectivity index (χ3v) is 1.48. The zero-order valence-corrected chi connectivity index (χ0v) is 7.60. The van der Waals surface area contributed by atoms with Crippen molar-refractivity contribution in [3.05, 3.63) is 11.1 Å². The minimum atomic E-state index is -0.461. The minimum Gasteiger partial charge on any atom is -0.466 e. The van der Waals surface area contributed by atoms with Gasteiger partial charge in [-0.25, -0.2) is 4.79 Å². The van der Waals surface area contributed by atoms with Gasteiger partial charge < -0.3 is 4.74 Å². The van der Waals surface area contributed by atoms with E-state index in [1.807, 2.05) is 6.07 Å². The van der Waals surface area contributed by atoms with Gasteiger partial charge in [0.25, 0.3) is 0 Å². The molecule has 0 heterocycles. The first-order valence-corrected chi connectivity index (χ1v) is 3.89. The number of hydrogen-bond acceptors (Lipinski definition) is 3. The van der Waals surface area contributed by atoms with Crippen LogP contribution in [-0.4, -0.2) is 13.1 Å². The number of nitrogens with zero attached hydrogens (tertiary/aromatic N) is 1. The van der Waals surface area contributed by atoms with Crippen LogP contribution in [0, 0.1) is 11.3 Å². The average molecular weight is 188 g/mol. The van der Waals surface area contributed by atoms with Crippen molar-refractivity contribution in [3.8, 4) is 6.07 Å². The van der Waals surface area contributed by atoms with Crippen molar-refractivity contribution in [1.82, 2.24) is 0 Å². The maximum Gasteiger partial charge on any atom is 0.331 e. The van der Waals surface area contributed by atoms with Crippen LogP contribution in [-0.2, 0) is 9.53 Å². The number of nitriles is 1. The first-order valence-electron chi connectivity index (χ1n) is 3.51. The first kappa shape index (κ1) is 11.0. The van der Waals surface area contributed by atoms with Gasteiger partial charge in [-0.2, -0.15) is 5.26 Å². The standard InChI is InChI=1S/C8H10ClNO2/c1-12-8(11)6-7(9)4-2-3-5-10/h6H,2-4H2,1H3/b7-6-. The third-order valence-electron chi connectivity index (χ3n) is 1.18. The second-order valence-corrected chi connectivity index (χ2v) is 2.61. The van der Waals surface area contributed by atoms with E-state index in [-0.39, 0.29) is 0 Å². The van der Waals surface area contributed by atoms with Gasteiger partial charge in [-0.05, 0) is 12.8 Å². The number of hydrogen-bond donors (Lipinski definition) is 0. The smallest absolute Gasteiger partial charge is 0.331 e. The van der Waals surface area contributed by atoms with Gasteiger partial charge in [-0.1, -0.05) is 11.6 Å². The molecule has 0 aromatic carbocycles. The predicted octanol–water partition coefficient (Wildman–Crippen LogP) is 1.98. The van der Waals surface area contributed by atoms with E-state index in [0.717, 1.165) is 0 Å². The van der Waals surface area contributed by atoms with Crippen molar-refractivity contribution in [2.75, 3.05) is 7.11 Å². The van der Waals surface area contributed by atoms with Gasteiger partial charge in [0, 0.05) is 17.5 Å². The summed E-state index contributed by atoms with van der Waals surface area (Å²) in [7, 11) is 1.29. The Labute approximate surface area is 76.6 Å². The molecule has 0 aliphatic heterocycles. The topological polar surface area (TPSA) is 50.1 Å². The number of methoxy groups -OCH3 is 1. The van der Waals surface area contributed by atoms with Crippen LogP contribution in [0.1, 0.15) is 19.3 Å². The highest BCUT2D eigenvalue weighted by molar-refractivity contribution is 6.30. The Morgan fingerprint density at radius 1 is 1.75 bits per heavy atom. The maximum absolute atomic E-state index is 10.6. The second kappa shape index (κ2) is 6.68. The van der Waals surface area contributed by atoms with Crippen molar-refractivity contribution < 1.29 is 9.53 Å². The number of carbonyl (C=O) groups is 1. The highest BCUT2D eigenvalue weighted by Crippen LogP contribution is 2.11. The molecule has 12 heavy (non-hydrogen) atoms. The molecule has 0 atom stereocenters. The first-order chi connectivity index (χ1) is 5.70. The molecular weight excluding hydrogens is 178 g/mol. The molecule has 0 aliphatic carbocycles. The fourth-order valence-corrected chi connectivity index (χ4v) is 0.818. The number of rotatable bonds is 4. The Hall–Kier alpha value is -1.01. The summed E-state index contributed by atoms with van der Waals surface area (Å²) in [5, 5.41) is 8.63. The molecule has 0 rings (SSSR count). The van der Waals surface area contributed by atoms with Crippen molar-refractivity contribution in [2.24, 2.45) is 0 Å². The Kier molecular flexibility index (Phi) is 6.12. The summed E-state index contributed by atoms with van der Waals surface area (Å²) in [6.45, 7) is 0. The van der Waals surface area contributed by atoms with Crippen molar-refractivity contribution in [3.63, 3.8) is 0 Å². The molecule has 0 bridgehead atoms. The van der Waals surface area contributed by atoms with Gasteiger partial charge >= 0.3 is 5.97 Å². The molecule has 0 radical (unpaired) electrons. The van der Waals surface area contributed by atoms with Gasteiger partial charge in [0.15, 0.2) is 0 Å². The average Bonchev–Trinajstić information content (AvgIpc) is 2.05. The van der Waals surface area contributed by atoms with Gasteiger partial charge in [0.2, 0.25) is 0 Å². The van der Waals surface area contributed by atoms with Gasteiger partial charge in [-0.3, -0.25) is 0 Å². The van der Waals surface area contributed by atoms with Crippen LogP contribution in [0.3, 0.4) is 0 Å². The van der Waals surface area contributed by atoms with E-state index in [2.05, 4.69) is 4.74 Å². The lowest BCUT2D eigenvalue weighted by Crippen LogP contribution is -1.95. The number of ether oxygens (including phenoxy) is 1. The summed E-state index contributed by atoms with van der Waals surface area (Å²) in [4.78, 5) is 10.6. The molecule has 66 valence electrons. The fraction of sp³-hybridized carbons (Fsp3) is 0.500. The SMILES string of the molecule is COC(=O)/C=C(\Cl)CCCC#N. The lowest BCUT2D eigenvalue weighted by molar-refractivity contribution is -0.134. The highest BCUT2D eigenvalue weighted by Gasteiger charge is 1.98. The lowest BCUT2D eigenvalue weighted by Gasteiger charge is -1.94. The molecule has 3 nitrogen and oxygen atoms in total. The Balaban J connectivity index is 3.71. The highest BCUT2D eigenvalue weighted by atomic mass is 35.5. The molecule has 4 heteroatoms. The fourth-order valence-electron chi connectivity index (χ4n) is 0.595. The summed E-state index contributed by atoms with van der Waals surface area (Å²) in [5.41, 5.74) is 0. The van der Waals surface area contributed by atoms with Gasteiger partial charge in [0.05, 0.1) is 13.2 Å². The third kappa shape index (κ3) is 5.75. The lowest BCUT2D eigenvalue weighted by atomic mass is 10.2. The molecule has 0 unspecified atom stereocenters. The summed E-state index contributed by atoms with van der Waals surface area (Å²) < 4.78 is 4.36. The second-order valence-electron chi connectivity index (χ2n) is 2.13. The van der Waals surface area contributed by atoms with E-state index in [1.54, 1.807) is 0 Å². The summed E-state index contributed by atoms with van der Waals surface area (Å²) >= 11 is 5.64. The van der Waals surface area contributed by atoms with Crippen LogP contribution >= 0.6 is 11.6 Å². The largest absolute Gasteiger partial charge is 0.466 e. The zero-order chi connectivity index (χ0) is 9.40. The van der Waals surface area contributed by atoms with Crippen molar-refractivity contribution >= 4 is 17.6 Å². The molecule has 0 saturated heterocycles. The Morgan fingerprint density at radius 2 is 2.42 bits per heavy atom. The number of esters is 1. The number of allylic oxidation sites excluding steroid dienone is 1. The molecule has 0 aliphatic rings. The molecule has 0 saturated carbocycles. The quantitative estimate of drug-likeness (QED) is 0.384. The number of unbranched alkanes of at least 4 members (excludes halogenated alkanes) is 1. The summed E-state index contributed by atoms with van der Waals surface area (Å²) in [6, 6.07) is 1.99. The van der Waals surface area contributed by atoms with E-state index in [4.69, 9.17) is 16.9 Å². The van der Waals surface area contributed by atoms with Crippen LogP contribution in [0.25, 0.3) is 0 Å². The molecule has 0 aromatic heterocycles. The van der Waals surface area contributed by atoms with Crippen molar-refractivity contribution in [2.45, 2.75) is 19.3 Å². The molecular formula is C8H10ClNO2. The van der Waals surface area contributed by atoms with E-state index in [0.29, 0.717) is 24.3 Å². The Morgan fingerprint density at radius 3 is 2.92 bits per heavy atom. The normalized spacial score (nSPS) is 10.6. The van der Waals surface area contributed by atoms with Crippen LogP contribution < -0.4 is 0 Å². The predicted molar refractivity (Wildman–Crippen MR) is 45.4 cm³/mol. The minimum absolute atomic E-state index is 0.428. The van der Waals surface area contributed by atoms with E-state index in [9.17, 15) is 4.79 Å². The van der Waals surface area contributed by atoms with E-state index in [1.165, 1.54) is 13.2 Å². The molecule has 0 N–H and O–H groups in total. The number of halogens is 1. The molecule has 0 fully saturated rings. The van der Waals surface area contributed by atoms with Crippen LogP contribution in [0.2, 0.25) is 0 Å². The summed E-state index contributed by atoms with van der Waals surface area (Å²) in [6.07, 6.45) is 2.89. The van der Waals surface area contributed by atoms with Crippen LogP contribution in [0.5, 0.6) is 0 Å². The molecule has 0 spiro atoms. The summed E-state index contributed by atoms with van der Waals surface area (Å²) in [5.74, 6) is -0.461. The number of carbonyl (C=O) groups excluding carboxylic acids is 1. The Bertz CT molecular complexity index is 218. The van der Waals surface area contributed by atoms with Gasteiger partial charge in [0.1, 0.15) is 0 Å². The van der Waals surface area contributed by atoms with Gasteiger partial charge in [-0.15, -0.1) is 0 Å². The van der Waals surface area contributed by atoms with Crippen molar-refractivity contribution in [1.29, 1.82) is 5.26 Å². The maximum atomic E-state index is 10.6.